The zero-order valence-corrected chi connectivity index (χ0v) is 32.4. The number of nitrogens with zero attached hydrogens (tertiary/aromatic N) is 3. The molecule has 2 aromatic rings. The maximum Gasteiger partial charge on any atom is 0.309 e. The summed E-state index contributed by atoms with van der Waals surface area (Å²) >= 11 is 0. The van der Waals surface area contributed by atoms with Gasteiger partial charge in [0.25, 0.3) is 5.89 Å². The summed E-state index contributed by atoms with van der Waals surface area (Å²) in [6.07, 6.45) is 8.54. The van der Waals surface area contributed by atoms with Gasteiger partial charge in [0.1, 0.15) is 17.6 Å². The number of carboxylic acid groups (broad SMARTS) is 1. The summed E-state index contributed by atoms with van der Waals surface area (Å²) in [4.78, 5) is 43.1. The molecule has 7 rings (SSSR count). The molecule has 10 heteroatoms. The molecule has 2 heterocycles. The number of carbonyl (C=O) groups is 3. The SMILES string of the molecule is CC(C)C1=C2C3CC[C@@H]4C5(C)CC[C@H](OC(=O)CC(C)(C)C(=O)O)C(C)(C)[C@@H]5CC[C@@]4(C)[C@]3(C)CC[C@@]2(c2nnc(-c3ccc(F)cn3)o2)CC1=O. The summed E-state index contributed by atoms with van der Waals surface area (Å²) in [5, 5.41) is 18.6. The smallest absolute Gasteiger partial charge is 0.309 e. The highest BCUT2D eigenvalue weighted by Gasteiger charge is 2.71. The Hall–Kier alpha value is -3.43. The predicted molar refractivity (Wildman–Crippen MR) is 192 cm³/mol. The highest BCUT2D eigenvalue weighted by atomic mass is 19.1. The molecule has 0 amide bonds. The first-order chi connectivity index (χ1) is 24.2. The molecule has 52 heavy (non-hydrogen) atoms. The van der Waals surface area contributed by atoms with E-state index in [1.54, 1.807) is 13.8 Å². The molecule has 1 N–H and O–H groups in total. The summed E-state index contributed by atoms with van der Waals surface area (Å²) in [5.74, 6) is 0.0563. The van der Waals surface area contributed by atoms with Crippen LogP contribution >= 0.6 is 0 Å². The number of halogens is 1. The van der Waals surface area contributed by atoms with E-state index in [1.165, 1.54) is 17.7 Å². The fourth-order valence-electron chi connectivity index (χ4n) is 12.7. The summed E-state index contributed by atoms with van der Waals surface area (Å²) in [7, 11) is 0. The molecule has 2 unspecified atom stereocenters. The Labute approximate surface area is 307 Å². The van der Waals surface area contributed by atoms with Gasteiger partial charge in [-0.15, -0.1) is 10.2 Å². The van der Waals surface area contributed by atoms with Gasteiger partial charge in [-0.25, -0.2) is 9.37 Å². The quantitative estimate of drug-likeness (QED) is 0.279. The number of ether oxygens (including phenoxy) is 1. The van der Waals surface area contributed by atoms with Gasteiger partial charge in [0.15, 0.2) is 5.78 Å². The van der Waals surface area contributed by atoms with E-state index in [0.717, 1.165) is 63.1 Å². The largest absolute Gasteiger partial charge is 0.481 e. The van der Waals surface area contributed by atoms with Crippen LogP contribution in [0.3, 0.4) is 0 Å². The van der Waals surface area contributed by atoms with Crippen LogP contribution < -0.4 is 0 Å². The van der Waals surface area contributed by atoms with Crippen LogP contribution in [0.25, 0.3) is 11.6 Å². The van der Waals surface area contributed by atoms with Crippen LogP contribution in [0.2, 0.25) is 0 Å². The van der Waals surface area contributed by atoms with E-state index in [-0.39, 0.29) is 57.7 Å². The predicted octanol–water partition coefficient (Wildman–Crippen LogP) is 8.92. The molecule has 0 saturated heterocycles. The minimum Gasteiger partial charge on any atom is -0.481 e. The molecular formula is C42H56FN3O6. The molecule has 0 aromatic carbocycles. The van der Waals surface area contributed by atoms with Crippen molar-refractivity contribution in [3.05, 3.63) is 41.2 Å². The molecule has 5 aliphatic rings. The molecular weight excluding hydrogens is 661 g/mol. The number of Topliss-reactive ketones (excluding diaryl/α,β-unsaturated/α-hetero) is 1. The van der Waals surface area contributed by atoms with E-state index in [0.29, 0.717) is 29.8 Å². The Morgan fingerprint density at radius 1 is 0.981 bits per heavy atom. The Morgan fingerprint density at radius 2 is 1.71 bits per heavy atom. The van der Waals surface area contributed by atoms with Crippen LogP contribution in [0.15, 0.2) is 33.9 Å². The van der Waals surface area contributed by atoms with E-state index < -0.39 is 28.6 Å². The molecule has 8 atom stereocenters. The van der Waals surface area contributed by atoms with Gasteiger partial charge in [0.2, 0.25) is 5.89 Å². The monoisotopic (exact) mass is 717 g/mol. The van der Waals surface area contributed by atoms with Crippen LogP contribution in [0.5, 0.6) is 0 Å². The number of hydrogen-bond donors (Lipinski definition) is 1. The van der Waals surface area contributed by atoms with Crippen molar-refractivity contribution in [1.29, 1.82) is 0 Å². The lowest BCUT2D eigenvalue weighted by Gasteiger charge is -2.72. The van der Waals surface area contributed by atoms with Crippen LogP contribution in [-0.4, -0.2) is 44.1 Å². The third-order valence-corrected chi connectivity index (χ3v) is 15.6. The van der Waals surface area contributed by atoms with E-state index in [2.05, 4.69) is 63.6 Å². The molecule has 0 bridgehead atoms. The summed E-state index contributed by atoms with van der Waals surface area (Å²) in [6.45, 7) is 19.4. The van der Waals surface area contributed by atoms with Gasteiger partial charge in [-0.3, -0.25) is 14.4 Å². The lowest BCUT2D eigenvalue weighted by atomic mass is 9.33. The van der Waals surface area contributed by atoms with Gasteiger partial charge in [-0.05, 0) is 128 Å². The van der Waals surface area contributed by atoms with Crippen molar-refractivity contribution in [2.45, 2.75) is 138 Å². The first-order valence-corrected chi connectivity index (χ1v) is 19.4. The van der Waals surface area contributed by atoms with Gasteiger partial charge in [0, 0.05) is 11.8 Å². The normalized spacial score (nSPS) is 36.9. The van der Waals surface area contributed by atoms with Crippen molar-refractivity contribution in [1.82, 2.24) is 15.2 Å². The van der Waals surface area contributed by atoms with Crippen LogP contribution in [0, 0.1) is 56.6 Å². The zero-order chi connectivity index (χ0) is 37.8. The third-order valence-electron chi connectivity index (χ3n) is 15.6. The Balaban J connectivity index is 1.20. The number of carboxylic acids is 1. The molecule has 0 aliphatic heterocycles. The molecule has 0 radical (unpaired) electrons. The lowest BCUT2D eigenvalue weighted by molar-refractivity contribution is -0.232. The Kier molecular flexibility index (Phi) is 8.55. The van der Waals surface area contributed by atoms with Gasteiger partial charge in [-0.2, -0.15) is 0 Å². The standard InChI is InChI=1S/C42H56FN3O6/c1-23(2)32-27(47)20-42(35-46-45-34(52-35)26-12-10-24(43)22-44-26)19-18-40(8)25(33(32)42)11-13-29-39(7)16-15-30(51-31(48)21-37(3,4)36(49)50)38(5,6)28(39)14-17-41(29,40)9/h10,12,22-23,25,28-30H,11,13-21H2,1-9H3,(H,49,50)/t25?,28-,29+,30-,39?,40+,41+,42+/m0/s1. The summed E-state index contributed by atoms with van der Waals surface area (Å²) in [6, 6.07) is 2.87. The molecule has 2 aromatic heterocycles. The van der Waals surface area contributed by atoms with Crippen molar-refractivity contribution in [3.63, 3.8) is 0 Å². The molecule has 4 fully saturated rings. The topological polar surface area (TPSA) is 132 Å². The van der Waals surface area contributed by atoms with Gasteiger partial charge in [-0.1, -0.05) is 48.5 Å². The van der Waals surface area contributed by atoms with Gasteiger partial charge >= 0.3 is 11.9 Å². The van der Waals surface area contributed by atoms with E-state index in [1.807, 2.05) is 0 Å². The number of pyridine rings is 1. The van der Waals surface area contributed by atoms with Crippen molar-refractivity contribution in [3.8, 4) is 11.6 Å². The Morgan fingerprint density at radius 3 is 2.37 bits per heavy atom. The molecule has 282 valence electrons. The van der Waals surface area contributed by atoms with Crippen molar-refractivity contribution in [2.24, 2.45) is 50.7 Å². The molecule has 4 saturated carbocycles. The molecule has 5 aliphatic carbocycles. The van der Waals surface area contributed by atoms with Crippen molar-refractivity contribution in [2.75, 3.05) is 0 Å². The Bertz CT molecular complexity index is 1830. The number of esters is 1. The second-order valence-corrected chi connectivity index (χ2v) is 19.3. The number of allylic oxidation sites excluding steroid dienone is 2. The van der Waals surface area contributed by atoms with Crippen molar-refractivity contribution >= 4 is 17.7 Å². The number of aliphatic carboxylic acids is 1. The van der Waals surface area contributed by atoms with Crippen molar-refractivity contribution < 1.29 is 33.0 Å². The number of aromatic nitrogens is 3. The maximum atomic E-state index is 14.1. The third kappa shape index (κ3) is 5.19. The van der Waals surface area contributed by atoms with E-state index in [4.69, 9.17) is 9.15 Å². The number of hydrogen-bond acceptors (Lipinski definition) is 8. The zero-order valence-electron chi connectivity index (χ0n) is 32.4. The van der Waals surface area contributed by atoms with E-state index in [9.17, 15) is 23.9 Å². The van der Waals surface area contributed by atoms with Crippen LogP contribution in [0.4, 0.5) is 4.39 Å². The number of rotatable bonds is 7. The average molecular weight is 718 g/mol. The second kappa shape index (κ2) is 12.0. The minimum atomic E-state index is -1.18. The second-order valence-electron chi connectivity index (χ2n) is 19.3. The summed E-state index contributed by atoms with van der Waals surface area (Å²) in [5.41, 5.74) is 0.443. The lowest BCUT2D eigenvalue weighted by Crippen LogP contribution is -2.66. The first-order valence-electron chi connectivity index (χ1n) is 19.4. The fourth-order valence-corrected chi connectivity index (χ4v) is 12.7. The number of fused-ring (bicyclic) bond motifs is 7. The molecule has 0 spiro atoms. The average Bonchev–Trinajstić information content (AvgIpc) is 3.66. The van der Waals surface area contributed by atoms with Crippen LogP contribution in [-0.2, 0) is 24.5 Å². The van der Waals surface area contributed by atoms with Crippen LogP contribution in [0.1, 0.15) is 132 Å². The summed E-state index contributed by atoms with van der Waals surface area (Å²) < 4.78 is 26.2. The van der Waals surface area contributed by atoms with Gasteiger partial charge in [0.05, 0.1) is 23.4 Å². The van der Waals surface area contributed by atoms with Gasteiger partial charge < -0.3 is 14.3 Å². The first kappa shape index (κ1) is 36.9. The number of ketones is 1. The minimum absolute atomic E-state index is 0.0111. The highest BCUT2D eigenvalue weighted by molar-refractivity contribution is 6.01. The fraction of sp³-hybridized carbons (Fsp3) is 0.714. The molecule has 9 nitrogen and oxygen atoms in total. The van der Waals surface area contributed by atoms with E-state index >= 15 is 0 Å². The number of carbonyl (C=O) groups excluding carboxylic acids is 2. The highest BCUT2D eigenvalue weighted by Crippen LogP contribution is 2.76. The maximum absolute atomic E-state index is 14.1.